The van der Waals surface area contributed by atoms with Crippen LogP contribution in [0.5, 0.6) is 0 Å². The maximum atomic E-state index is 4.71. The van der Waals surface area contributed by atoms with E-state index < -0.39 is 0 Å². The van der Waals surface area contributed by atoms with Gasteiger partial charge in [-0.15, -0.1) is 0 Å². The van der Waals surface area contributed by atoms with Gasteiger partial charge in [0, 0.05) is 5.69 Å². The van der Waals surface area contributed by atoms with Gasteiger partial charge in [0.25, 0.3) is 0 Å². The van der Waals surface area contributed by atoms with Crippen LogP contribution in [0.4, 0.5) is 0 Å². The van der Waals surface area contributed by atoms with Crippen molar-refractivity contribution in [3.05, 3.63) is 17.2 Å². The Morgan fingerprint density at radius 2 is 2.27 bits per heavy atom. The van der Waals surface area contributed by atoms with Gasteiger partial charge in [-0.3, -0.25) is 0 Å². The Balaban J connectivity index is 2.17. The molecule has 0 spiro atoms. The van der Waals surface area contributed by atoms with Gasteiger partial charge in [0.15, 0.2) is 0 Å². The molecule has 0 radical (unpaired) electrons. The fourth-order valence-corrected chi connectivity index (χ4v) is 2.30. The minimum Gasteiger partial charge on any atom is -0.344 e. The summed E-state index contributed by atoms with van der Waals surface area (Å²) in [7, 11) is 0. The average Bonchev–Trinajstić information content (AvgIpc) is 2.84. The molecule has 1 aliphatic heterocycles. The van der Waals surface area contributed by atoms with Gasteiger partial charge < -0.3 is 10.3 Å². The van der Waals surface area contributed by atoms with Crippen molar-refractivity contribution in [2.45, 2.75) is 52.0 Å². The summed E-state index contributed by atoms with van der Waals surface area (Å²) in [5, 5.41) is 3.49. The molecule has 1 unspecified atom stereocenters. The van der Waals surface area contributed by atoms with Crippen LogP contribution in [0.3, 0.4) is 0 Å². The first kappa shape index (κ1) is 10.7. The van der Waals surface area contributed by atoms with Gasteiger partial charge in [0.2, 0.25) is 0 Å². The van der Waals surface area contributed by atoms with Crippen LogP contribution in [-0.2, 0) is 12.8 Å². The van der Waals surface area contributed by atoms with Crippen molar-refractivity contribution in [3.63, 3.8) is 0 Å². The number of hydrogen-bond donors (Lipinski definition) is 2. The highest BCUT2D eigenvalue weighted by molar-refractivity contribution is 5.17. The zero-order chi connectivity index (χ0) is 10.7. The zero-order valence-electron chi connectivity index (χ0n) is 9.77. The van der Waals surface area contributed by atoms with Crippen molar-refractivity contribution in [2.75, 3.05) is 6.54 Å². The van der Waals surface area contributed by atoms with Gasteiger partial charge in [-0.25, -0.2) is 4.98 Å². The van der Waals surface area contributed by atoms with Crippen LogP contribution in [0.1, 0.15) is 56.4 Å². The Bertz CT molecular complexity index is 311. The quantitative estimate of drug-likeness (QED) is 0.795. The summed E-state index contributed by atoms with van der Waals surface area (Å²) in [6.07, 6.45) is 5.85. The van der Waals surface area contributed by atoms with Crippen molar-refractivity contribution < 1.29 is 0 Å². The molecule has 1 aromatic heterocycles. The van der Waals surface area contributed by atoms with Crippen LogP contribution < -0.4 is 5.32 Å². The molecule has 0 aliphatic carbocycles. The van der Waals surface area contributed by atoms with Gasteiger partial charge >= 0.3 is 0 Å². The van der Waals surface area contributed by atoms with E-state index in [1.54, 1.807) is 0 Å². The first-order valence-corrected chi connectivity index (χ1v) is 6.16. The van der Waals surface area contributed by atoms with Gasteiger partial charge in [-0.2, -0.15) is 0 Å². The van der Waals surface area contributed by atoms with Crippen molar-refractivity contribution in [1.82, 2.24) is 15.3 Å². The third-order valence-corrected chi connectivity index (χ3v) is 3.11. The van der Waals surface area contributed by atoms with Crippen LogP contribution in [0, 0.1) is 0 Å². The summed E-state index contributed by atoms with van der Waals surface area (Å²) in [5.41, 5.74) is 2.62. The molecule has 1 saturated heterocycles. The fourth-order valence-electron chi connectivity index (χ4n) is 2.30. The Hall–Kier alpha value is -0.830. The predicted octanol–water partition coefficient (Wildman–Crippen LogP) is 2.35. The summed E-state index contributed by atoms with van der Waals surface area (Å²) < 4.78 is 0. The summed E-state index contributed by atoms with van der Waals surface area (Å²) in [5.74, 6) is 1.16. The molecule has 2 heterocycles. The molecule has 1 aliphatic rings. The number of nitrogens with zero attached hydrogens (tertiary/aromatic N) is 1. The number of imidazole rings is 1. The van der Waals surface area contributed by atoms with Crippen molar-refractivity contribution in [3.8, 4) is 0 Å². The predicted molar refractivity (Wildman–Crippen MR) is 61.9 cm³/mol. The van der Waals surface area contributed by atoms with Crippen molar-refractivity contribution in [1.29, 1.82) is 0 Å². The third kappa shape index (κ3) is 2.23. The van der Waals surface area contributed by atoms with E-state index in [1.807, 2.05) is 0 Å². The number of aromatic amines is 1. The van der Waals surface area contributed by atoms with Crippen LogP contribution >= 0.6 is 0 Å². The first-order valence-electron chi connectivity index (χ1n) is 6.16. The van der Waals surface area contributed by atoms with E-state index in [1.165, 1.54) is 30.7 Å². The summed E-state index contributed by atoms with van der Waals surface area (Å²) in [4.78, 5) is 8.21. The molecule has 2 N–H and O–H groups in total. The maximum Gasteiger partial charge on any atom is 0.123 e. The number of aryl methyl sites for hydroxylation is 2. The minimum atomic E-state index is 0.473. The molecule has 1 aromatic rings. The lowest BCUT2D eigenvalue weighted by molar-refractivity contribution is 0.609. The number of hydrogen-bond acceptors (Lipinski definition) is 2. The Morgan fingerprint density at radius 3 is 2.87 bits per heavy atom. The van der Waals surface area contributed by atoms with Gasteiger partial charge in [0.05, 0.1) is 11.7 Å². The Kier molecular flexibility index (Phi) is 3.41. The number of aromatic nitrogens is 2. The van der Waals surface area contributed by atoms with Crippen LogP contribution in [0.2, 0.25) is 0 Å². The molecule has 84 valence electrons. The molecule has 1 fully saturated rings. The first-order chi connectivity index (χ1) is 7.35. The molecular formula is C12H21N3. The van der Waals surface area contributed by atoms with Crippen LogP contribution in [0.25, 0.3) is 0 Å². The van der Waals surface area contributed by atoms with Gasteiger partial charge in [-0.05, 0) is 32.2 Å². The second-order valence-electron chi connectivity index (χ2n) is 4.30. The van der Waals surface area contributed by atoms with Crippen molar-refractivity contribution >= 4 is 0 Å². The Labute approximate surface area is 91.7 Å². The largest absolute Gasteiger partial charge is 0.344 e. The van der Waals surface area contributed by atoms with E-state index >= 15 is 0 Å². The minimum absolute atomic E-state index is 0.473. The molecule has 0 saturated carbocycles. The number of H-pyrrole nitrogens is 1. The van der Waals surface area contributed by atoms with E-state index in [0.29, 0.717) is 6.04 Å². The van der Waals surface area contributed by atoms with E-state index in [4.69, 9.17) is 4.98 Å². The number of rotatable bonds is 4. The standard InChI is InChI=1S/C12H21N3/c1-3-6-10-9(4-2)14-12(15-10)11-7-5-8-13-11/h11,13H,3-8H2,1-2H3,(H,14,15). The highest BCUT2D eigenvalue weighted by Crippen LogP contribution is 2.22. The molecule has 3 nitrogen and oxygen atoms in total. The second kappa shape index (κ2) is 4.79. The third-order valence-electron chi connectivity index (χ3n) is 3.11. The lowest BCUT2D eigenvalue weighted by Gasteiger charge is -2.05. The summed E-state index contributed by atoms with van der Waals surface area (Å²) in [6, 6.07) is 0.473. The van der Waals surface area contributed by atoms with E-state index in [-0.39, 0.29) is 0 Å². The lowest BCUT2D eigenvalue weighted by Crippen LogP contribution is -2.14. The monoisotopic (exact) mass is 207 g/mol. The lowest BCUT2D eigenvalue weighted by atomic mass is 10.2. The molecule has 2 rings (SSSR count). The SMILES string of the molecule is CCCc1[nH]c(C2CCCN2)nc1CC. The maximum absolute atomic E-state index is 4.71. The fraction of sp³-hybridized carbons (Fsp3) is 0.750. The molecule has 15 heavy (non-hydrogen) atoms. The van der Waals surface area contributed by atoms with E-state index in [2.05, 4.69) is 24.1 Å². The summed E-state index contributed by atoms with van der Waals surface area (Å²) >= 11 is 0. The van der Waals surface area contributed by atoms with Gasteiger partial charge in [-0.1, -0.05) is 20.3 Å². The highest BCUT2D eigenvalue weighted by atomic mass is 15.0. The Morgan fingerprint density at radius 1 is 1.40 bits per heavy atom. The zero-order valence-corrected chi connectivity index (χ0v) is 9.77. The van der Waals surface area contributed by atoms with Crippen LogP contribution in [0.15, 0.2) is 0 Å². The van der Waals surface area contributed by atoms with Crippen LogP contribution in [-0.4, -0.2) is 16.5 Å². The second-order valence-corrected chi connectivity index (χ2v) is 4.30. The molecule has 0 bridgehead atoms. The molecule has 0 aromatic carbocycles. The van der Waals surface area contributed by atoms with E-state index in [0.717, 1.165) is 25.2 Å². The smallest absolute Gasteiger partial charge is 0.123 e. The molecule has 1 atom stereocenters. The topological polar surface area (TPSA) is 40.7 Å². The van der Waals surface area contributed by atoms with Crippen molar-refractivity contribution in [2.24, 2.45) is 0 Å². The molecule has 0 amide bonds. The van der Waals surface area contributed by atoms with Gasteiger partial charge in [0.1, 0.15) is 5.82 Å². The number of nitrogens with one attached hydrogen (secondary N) is 2. The highest BCUT2D eigenvalue weighted by Gasteiger charge is 2.20. The average molecular weight is 207 g/mol. The molecule has 3 heteroatoms. The summed E-state index contributed by atoms with van der Waals surface area (Å²) in [6.45, 7) is 5.53. The normalized spacial score (nSPS) is 21.1. The molecular weight excluding hydrogens is 186 g/mol. The van der Waals surface area contributed by atoms with E-state index in [9.17, 15) is 0 Å².